The number of benzene rings is 1. The third-order valence-corrected chi connectivity index (χ3v) is 3.27. The molecule has 2 aromatic rings. The minimum atomic E-state index is -0.513. The second-order valence-electron chi connectivity index (χ2n) is 3.90. The zero-order chi connectivity index (χ0) is 14.7. The normalized spacial score (nSPS) is 10.4. The van der Waals surface area contributed by atoms with Crippen molar-refractivity contribution < 1.29 is 9.18 Å². The Hall–Kier alpha value is -1.36. The molecule has 0 aliphatic carbocycles. The van der Waals surface area contributed by atoms with Crippen LogP contribution in [0.1, 0.15) is 16.1 Å². The second kappa shape index (κ2) is 6.39. The number of hydrogen-bond acceptors (Lipinski definition) is 2. The van der Waals surface area contributed by atoms with Gasteiger partial charge in [-0.15, -0.1) is 0 Å². The Morgan fingerprint density at radius 2 is 1.90 bits per heavy atom. The largest absolute Gasteiger partial charge is 0.347 e. The summed E-state index contributed by atoms with van der Waals surface area (Å²) in [6.45, 7) is 0.170. The molecule has 1 N–H and O–H groups in total. The predicted molar refractivity (Wildman–Crippen MR) is 76.8 cm³/mol. The number of nitrogens with zero attached hydrogens (tertiary/aromatic N) is 1. The van der Waals surface area contributed by atoms with Gasteiger partial charge < -0.3 is 5.32 Å². The summed E-state index contributed by atoms with van der Waals surface area (Å²) in [6, 6.07) is 7.16. The molecule has 0 aliphatic heterocycles. The van der Waals surface area contributed by atoms with Gasteiger partial charge >= 0.3 is 0 Å². The van der Waals surface area contributed by atoms with E-state index in [1.54, 1.807) is 0 Å². The Balaban J connectivity index is 2.08. The van der Waals surface area contributed by atoms with E-state index in [2.05, 4.69) is 10.3 Å². The number of pyridine rings is 1. The molecule has 7 heteroatoms. The third kappa shape index (κ3) is 3.60. The van der Waals surface area contributed by atoms with Crippen molar-refractivity contribution in [3.8, 4) is 0 Å². The van der Waals surface area contributed by atoms with E-state index in [4.69, 9.17) is 34.8 Å². The summed E-state index contributed by atoms with van der Waals surface area (Å²) in [5.74, 6) is -0.987. The molecule has 0 unspecified atom stereocenters. The van der Waals surface area contributed by atoms with Crippen LogP contribution >= 0.6 is 34.8 Å². The molecule has 0 fully saturated rings. The van der Waals surface area contributed by atoms with Crippen molar-refractivity contribution >= 4 is 40.7 Å². The topological polar surface area (TPSA) is 42.0 Å². The van der Waals surface area contributed by atoms with Gasteiger partial charge in [-0.2, -0.15) is 0 Å². The first kappa shape index (κ1) is 15.0. The summed E-state index contributed by atoms with van der Waals surface area (Å²) in [5, 5.41) is 2.97. The Kier molecular flexibility index (Phi) is 4.81. The fourth-order valence-corrected chi connectivity index (χ4v) is 2.03. The fourth-order valence-electron chi connectivity index (χ4n) is 1.49. The summed E-state index contributed by atoms with van der Waals surface area (Å²) >= 11 is 17.2. The molecule has 104 valence electrons. The molecule has 0 saturated heterocycles. The summed E-state index contributed by atoms with van der Waals surface area (Å²) in [7, 11) is 0. The van der Waals surface area contributed by atoms with Gasteiger partial charge in [-0.05, 0) is 29.8 Å². The molecule has 0 spiro atoms. The van der Waals surface area contributed by atoms with Crippen LogP contribution in [0.3, 0.4) is 0 Å². The molecule has 2 rings (SSSR count). The van der Waals surface area contributed by atoms with Crippen LogP contribution < -0.4 is 5.32 Å². The summed E-state index contributed by atoms with van der Waals surface area (Å²) < 4.78 is 13.0. The SMILES string of the molecule is O=C(NCc1ccc(F)c(Cl)c1)c1nc(Cl)ccc1Cl. The maximum Gasteiger partial charge on any atom is 0.271 e. The first-order chi connectivity index (χ1) is 9.47. The van der Waals surface area contributed by atoms with E-state index in [0.29, 0.717) is 5.56 Å². The molecule has 0 atom stereocenters. The quantitative estimate of drug-likeness (QED) is 0.859. The zero-order valence-electron chi connectivity index (χ0n) is 9.96. The van der Waals surface area contributed by atoms with Gasteiger partial charge in [0.15, 0.2) is 0 Å². The van der Waals surface area contributed by atoms with E-state index in [1.807, 2.05) is 0 Å². The van der Waals surface area contributed by atoms with E-state index < -0.39 is 11.7 Å². The molecular weight excluding hydrogens is 326 g/mol. The fraction of sp³-hybridized carbons (Fsp3) is 0.0769. The Morgan fingerprint density at radius 1 is 1.15 bits per heavy atom. The monoisotopic (exact) mass is 332 g/mol. The lowest BCUT2D eigenvalue weighted by Crippen LogP contribution is -2.24. The second-order valence-corrected chi connectivity index (χ2v) is 5.10. The first-order valence-electron chi connectivity index (χ1n) is 5.51. The van der Waals surface area contributed by atoms with E-state index >= 15 is 0 Å². The number of carbonyl (C=O) groups is 1. The standard InChI is InChI=1S/C13H8Cl3FN2O/c14-8-2-4-11(16)19-12(8)13(20)18-6-7-1-3-10(17)9(15)5-7/h1-5H,6H2,(H,18,20). The minimum Gasteiger partial charge on any atom is -0.347 e. The molecule has 0 bridgehead atoms. The van der Waals surface area contributed by atoms with Crippen molar-refractivity contribution in [3.63, 3.8) is 0 Å². The molecular formula is C13H8Cl3FN2O. The third-order valence-electron chi connectivity index (χ3n) is 2.46. The van der Waals surface area contributed by atoms with Crippen LogP contribution in [0.5, 0.6) is 0 Å². The van der Waals surface area contributed by atoms with Gasteiger partial charge in [0.1, 0.15) is 16.7 Å². The molecule has 20 heavy (non-hydrogen) atoms. The van der Waals surface area contributed by atoms with E-state index in [0.717, 1.165) is 0 Å². The molecule has 0 aliphatic rings. The number of aromatic nitrogens is 1. The van der Waals surface area contributed by atoms with Crippen molar-refractivity contribution in [2.45, 2.75) is 6.54 Å². The van der Waals surface area contributed by atoms with Gasteiger partial charge in [-0.3, -0.25) is 4.79 Å². The number of amides is 1. The average molecular weight is 334 g/mol. The predicted octanol–water partition coefficient (Wildman–Crippen LogP) is 4.11. The highest BCUT2D eigenvalue weighted by molar-refractivity contribution is 6.34. The van der Waals surface area contributed by atoms with Crippen LogP contribution in [0.4, 0.5) is 4.39 Å². The Labute approximate surface area is 129 Å². The van der Waals surface area contributed by atoms with E-state index in [-0.39, 0.29) is 27.4 Å². The van der Waals surface area contributed by atoms with Crippen LogP contribution in [-0.4, -0.2) is 10.9 Å². The van der Waals surface area contributed by atoms with Crippen molar-refractivity contribution in [2.75, 3.05) is 0 Å². The Morgan fingerprint density at radius 3 is 2.60 bits per heavy atom. The lowest BCUT2D eigenvalue weighted by Gasteiger charge is -2.07. The molecule has 0 saturated carbocycles. The van der Waals surface area contributed by atoms with Gasteiger partial charge in [-0.25, -0.2) is 9.37 Å². The van der Waals surface area contributed by atoms with Crippen LogP contribution in [0.2, 0.25) is 15.2 Å². The van der Waals surface area contributed by atoms with Gasteiger partial charge in [0.2, 0.25) is 0 Å². The van der Waals surface area contributed by atoms with Gasteiger partial charge in [0.25, 0.3) is 5.91 Å². The number of nitrogens with one attached hydrogen (secondary N) is 1. The van der Waals surface area contributed by atoms with E-state index in [1.165, 1.54) is 30.3 Å². The van der Waals surface area contributed by atoms with Crippen LogP contribution in [0, 0.1) is 5.82 Å². The molecule has 1 aromatic heterocycles. The molecule has 3 nitrogen and oxygen atoms in total. The van der Waals surface area contributed by atoms with Gasteiger partial charge in [-0.1, -0.05) is 40.9 Å². The highest BCUT2D eigenvalue weighted by Crippen LogP contribution is 2.18. The number of carbonyl (C=O) groups excluding carboxylic acids is 1. The highest BCUT2D eigenvalue weighted by Gasteiger charge is 2.12. The number of halogens is 4. The maximum atomic E-state index is 13.0. The van der Waals surface area contributed by atoms with E-state index in [9.17, 15) is 9.18 Å². The van der Waals surface area contributed by atoms with Crippen LogP contribution in [0.15, 0.2) is 30.3 Å². The number of hydrogen-bond donors (Lipinski definition) is 1. The zero-order valence-corrected chi connectivity index (χ0v) is 12.2. The van der Waals surface area contributed by atoms with Crippen LogP contribution in [0.25, 0.3) is 0 Å². The lowest BCUT2D eigenvalue weighted by molar-refractivity contribution is 0.0946. The smallest absolute Gasteiger partial charge is 0.271 e. The number of rotatable bonds is 3. The molecule has 0 radical (unpaired) electrons. The average Bonchev–Trinajstić information content (AvgIpc) is 2.42. The molecule has 1 aromatic carbocycles. The van der Waals surface area contributed by atoms with Crippen molar-refractivity contribution in [2.24, 2.45) is 0 Å². The van der Waals surface area contributed by atoms with Crippen molar-refractivity contribution in [1.29, 1.82) is 0 Å². The van der Waals surface area contributed by atoms with Gasteiger partial charge in [0, 0.05) is 6.54 Å². The summed E-state index contributed by atoms with van der Waals surface area (Å²) in [6.07, 6.45) is 0. The summed E-state index contributed by atoms with van der Waals surface area (Å²) in [4.78, 5) is 15.8. The highest BCUT2D eigenvalue weighted by atomic mass is 35.5. The molecule has 1 amide bonds. The van der Waals surface area contributed by atoms with Crippen molar-refractivity contribution in [3.05, 3.63) is 62.6 Å². The van der Waals surface area contributed by atoms with Gasteiger partial charge in [0.05, 0.1) is 10.0 Å². The lowest BCUT2D eigenvalue weighted by atomic mass is 10.2. The maximum absolute atomic E-state index is 13.0. The minimum absolute atomic E-state index is 0.00402. The van der Waals surface area contributed by atoms with Crippen molar-refractivity contribution in [1.82, 2.24) is 10.3 Å². The molecule has 1 heterocycles. The van der Waals surface area contributed by atoms with Crippen LogP contribution in [-0.2, 0) is 6.54 Å². The Bertz CT molecular complexity index is 664. The first-order valence-corrected chi connectivity index (χ1v) is 6.65. The summed E-state index contributed by atoms with van der Waals surface area (Å²) in [5.41, 5.74) is 0.690.